The van der Waals surface area contributed by atoms with Crippen molar-refractivity contribution in [2.24, 2.45) is 5.92 Å². The van der Waals surface area contributed by atoms with E-state index in [1.807, 2.05) is 10.9 Å². The van der Waals surface area contributed by atoms with Gasteiger partial charge < -0.3 is 10.1 Å². The van der Waals surface area contributed by atoms with Crippen LogP contribution in [-0.4, -0.2) is 34.8 Å². The molecule has 5 heteroatoms. The van der Waals surface area contributed by atoms with Crippen LogP contribution in [0.2, 0.25) is 0 Å². The minimum absolute atomic E-state index is 0.610. The predicted octanol–water partition coefficient (Wildman–Crippen LogP) is 0.424. The molecule has 2 heterocycles. The molecule has 84 valence electrons. The quantitative estimate of drug-likeness (QED) is 0.765. The molecule has 1 atom stereocenters. The monoisotopic (exact) mass is 210 g/mol. The second-order valence-corrected chi connectivity index (χ2v) is 3.94. The Morgan fingerprint density at radius 2 is 2.60 bits per heavy atom. The fourth-order valence-corrected chi connectivity index (χ4v) is 1.75. The van der Waals surface area contributed by atoms with E-state index in [9.17, 15) is 0 Å². The van der Waals surface area contributed by atoms with Crippen LogP contribution in [0.25, 0.3) is 0 Å². The molecule has 1 fully saturated rings. The number of aromatic nitrogens is 3. The van der Waals surface area contributed by atoms with E-state index in [2.05, 4.69) is 22.6 Å². The fourth-order valence-electron chi connectivity index (χ4n) is 1.75. The maximum absolute atomic E-state index is 5.33. The van der Waals surface area contributed by atoms with Gasteiger partial charge in [0, 0.05) is 31.8 Å². The largest absolute Gasteiger partial charge is 0.381 e. The summed E-state index contributed by atoms with van der Waals surface area (Å²) >= 11 is 0. The number of rotatable bonds is 5. The summed E-state index contributed by atoms with van der Waals surface area (Å²) in [5, 5.41) is 11.4. The van der Waals surface area contributed by atoms with Crippen molar-refractivity contribution in [1.82, 2.24) is 20.3 Å². The van der Waals surface area contributed by atoms with Gasteiger partial charge in [0.1, 0.15) is 0 Å². The summed E-state index contributed by atoms with van der Waals surface area (Å²) in [6.45, 7) is 6.53. The normalized spacial score (nSPS) is 21.0. The lowest BCUT2D eigenvalue weighted by Gasteiger charge is -2.05. The summed E-state index contributed by atoms with van der Waals surface area (Å²) in [6.07, 6.45) is 3.16. The molecule has 15 heavy (non-hydrogen) atoms. The highest BCUT2D eigenvalue weighted by atomic mass is 16.5. The third kappa shape index (κ3) is 3.00. The first-order chi connectivity index (χ1) is 7.38. The van der Waals surface area contributed by atoms with E-state index < -0.39 is 0 Å². The molecule has 1 N–H and O–H groups in total. The first kappa shape index (κ1) is 10.6. The Hall–Kier alpha value is -0.940. The summed E-state index contributed by atoms with van der Waals surface area (Å²) in [7, 11) is 0. The van der Waals surface area contributed by atoms with Gasteiger partial charge in [0.15, 0.2) is 0 Å². The molecule has 1 aliphatic rings. The maximum atomic E-state index is 5.33. The molecule has 5 nitrogen and oxygen atoms in total. The van der Waals surface area contributed by atoms with Crippen LogP contribution in [0.15, 0.2) is 6.20 Å². The second-order valence-electron chi connectivity index (χ2n) is 3.94. The van der Waals surface area contributed by atoms with Gasteiger partial charge in [0.25, 0.3) is 0 Å². The number of nitrogens with zero attached hydrogens (tertiary/aromatic N) is 3. The molecule has 0 saturated carbocycles. The minimum Gasteiger partial charge on any atom is -0.381 e. The lowest BCUT2D eigenvalue weighted by Crippen LogP contribution is -2.12. The fraction of sp³-hybridized carbons (Fsp3) is 0.800. The van der Waals surface area contributed by atoms with E-state index in [1.165, 1.54) is 0 Å². The molecule has 0 radical (unpaired) electrons. The molecule has 0 aliphatic carbocycles. The average molecular weight is 210 g/mol. The number of ether oxygens (including phenoxy) is 1. The third-order valence-corrected chi connectivity index (χ3v) is 2.61. The molecule has 0 unspecified atom stereocenters. The zero-order valence-corrected chi connectivity index (χ0v) is 9.15. The minimum atomic E-state index is 0.610. The Morgan fingerprint density at radius 3 is 3.33 bits per heavy atom. The van der Waals surface area contributed by atoms with E-state index in [4.69, 9.17) is 4.74 Å². The summed E-state index contributed by atoms with van der Waals surface area (Å²) in [5.41, 5.74) is 1.01. The van der Waals surface area contributed by atoms with Gasteiger partial charge in [-0.25, -0.2) is 0 Å². The van der Waals surface area contributed by atoms with Crippen molar-refractivity contribution in [1.29, 1.82) is 0 Å². The summed E-state index contributed by atoms with van der Waals surface area (Å²) in [5.74, 6) is 0.610. The highest BCUT2D eigenvalue weighted by Gasteiger charge is 2.16. The van der Waals surface area contributed by atoms with Gasteiger partial charge in [0.05, 0.1) is 12.3 Å². The molecule has 1 aromatic heterocycles. The molecule has 0 aromatic carbocycles. The first-order valence-corrected chi connectivity index (χ1v) is 5.56. The number of hydrogen-bond acceptors (Lipinski definition) is 4. The standard InChI is InChI=1S/C10H18N4O/c1-2-11-5-10-7-14(13-12-10)6-9-3-4-15-8-9/h7,9,11H,2-6,8H2,1H3/t9-/m1/s1. The smallest absolute Gasteiger partial charge is 0.0964 e. The second kappa shape index (κ2) is 5.23. The molecule has 1 aromatic rings. The van der Waals surface area contributed by atoms with Crippen LogP contribution in [0.5, 0.6) is 0 Å². The highest BCUT2D eigenvalue weighted by molar-refractivity contribution is 4.91. The van der Waals surface area contributed by atoms with Gasteiger partial charge in [-0.05, 0) is 13.0 Å². The Kier molecular flexibility index (Phi) is 3.69. The molecule has 0 bridgehead atoms. The van der Waals surface area contributed by atoms with E-state index in [1.54, 1.807) is 0 Å². The molecular formula is C10H18N4O. The topological polar surface area (TPSA) is 52.0 Å². The van der Waals surface area contributed by atoms with Crippen molar-refractivity contribution in [3.05, 3.63) is 11.9 Å². The molecular weight excluding hydrogens is 192 g/mol. The zero-order chi connectivity index (χ0) is 10.5. The number of hydrogen-bond donors (Lipinski definition) is 1. The average Bonchev–Trinajstić information content (AvgIpc) is 2.87. The SMILES string of the molecule is CCNCc1cn(C[C@H]2CCOC2)nn1. The summed E-state index contributed by atoms with van der Waals surface area (Å²) < 4.78 is 7.25. The van der Waals surface area contributed by atoms with Crippen LogP contribution >= 0.6 is 0 Å². The Labute approximate surface area is 89.8 Å². The summed E-state index contributed by atoms with van der Waals surface area (Å²) in [6, 6.07) is 0. The van der Waals surface area contributed by atoms with Gasteiger partial charge in [-0.3, -0.25) is 4.68 Å². The van der Waals surface area contributed by atoms with Crippen LogP contribution in [0.4, 0.5) is 0 Å². The van der Waals surface area contributed by atoms with Crippen molar-refractivity contribution in [2.45, 2.75) is 26.4 Å². The predicted molar refractivity (Wildman–Crippen MR) is 56.3 cm³/mol. The van der Waals surface area contributed by atoms with E-state index in [0.29, 0.717) is 5.92 Å². The lowest BCUT2D eigenvalue weighted by atomic mass is 10.1. The Balaban J connectivity index is 1.83. The van der Waals surface area contributed by atoms with Crippen LogP contribution in [0.1, 0.15) is 19.0 Å². The van der Waals surface area contributed by atoms with Crippen LogP contribution in [-0.2, 0) is 17.8 Å². The van der Waals surface area contributed by atoms with Crippen LogP contribution in [0.3, 0.4) is 0 Å². The van der Waals surface area contributed by atoms with E-state index in [0.717, 1.165) is 45.0 Å². The molecule has 1 saturated heterocycles. The van der Waals surface area contributed by atoms with Crippen LogP contribution < -0.4 is 5.32 Å². The summed E-state index contributed by atoms with van der Waals surface area (Å²) in [4.78, 5) is 0. The highest BCUT2D eigenvalue weighted by Crippen LogP contribution is 2.13. The van der Waals surface area contributed by atoms with Gasteiger partial charge in [-0.1, -0.05) is 12.1 Å². The lowest BCUT2D eigenvalue weighted by molar-refractivity contribution is 0.181. The molecule has 2 rings (SSSR count). The van der Waals surface area contributed by atoms with Crippen molar-refractivity contribution in [3.63, 3.8) is 0 Å². The van der Waals surface area contributed by atoms with E-state index in [-0.39, 0.29) is 0 Å². The van der Waals surface area contributed by atoms with E-state index >= 15 is 0 Å². The molecule has 1 aliphatic heterocycles. The zero-order valence-electron chi connectivity index (χ0n) is 9.15. The first-order valence-electron chi connectivity index (χ1n) is 5.56. The van der Waals surface area contributed by atoms with Gasteiger partial charge in [-0.2, -0.15) is 0 Å². The van der Waals surface area contributed by atoms with Crippen LogP contribution in [0, 0.1) is 5.92 Å². The maximum Gasteiger partial charge on any atom is 0.0964 e. The third-order valence-electron chi connectivity index (χ3n) is 2.61. The Bertz CT molecular complexity index is 293. The van der Waals surface area contributed by atoms with Gasteiger partial charge >= 0.3 is 0 Å². The van der Waals surface area contributed by atoms with Crippen molar-refractivity contribution in [3.8, 4) is 0 Å². The van der Waals surface area contributed by atoms with Gasteiger partial charge in [0.2, 0.25) is 0 Å². The van der Waals surface area contributed by atoms with Crippen molar-refractivity contribution >= 4 is 0 Å². The molecule has 0 amide bonds. The number of nitrogens with one attached hydrogen (secondary N) is 1. The Morgan fingerprint density at radius 1 is 1.67 bits per heavy atom. The molecule has 0 spiro atoms. The van der Waals surface area contributed by atoms with Gasteiger partial charge in [-0.15, -0.1) is 5.10 Å². The van der Waals surface area contributed by atoms with Crippen molar-refractivity contribution in [2.75, 3.05) is 19.8 Å². The van der Waals surface area contributed by atoms with Crippen molar-refractivity contribution < 1.29 is 4.74 Å².